The van der Waals surface area contributed by atoms with Gasteiger partial charge in [-0.2, -0.15) is 0 Å². The highest BCUT2D eigenvalue weighted by atomic mass is 16.6. The van der Waals surface area contributed by atoms with Gasteiger partial charge in [-0.25, -0.2) is 0 Å². The lowest BCUT2D eigenvalue weighted by Gasteiger charge is -2.26. The van der Waals surface area contributed by atoms with Crippen LogP contribution in [0.4, 0.5) is 0 Å². The Morgan fingerprint density at radius 1 is 0.926 bits per heavy atom. The van der Waals surface area contributed by atoms with Crippen LogP contribution in [0.25, 0.3) is 0 Å². The van der Waals surface area contributed by atoms with Crippen LogP contribution in [0.1, 0.15) is 36.2 Å². The van der Waals surface area contributed by atoms with Crippen molar-refractivity contribution in [2.45, 2.75) is 37.8 Å². The van der Waals surface area contributed by atoms with Crippen LogP contribution in [0, 0.1) is 11.8 Å². The molecule has 0 spiro atoms. The summed E-state index contributed by atoms with van der Waals surface area (Å²) in [5.74, 6) is 2.80. The largest absolute Gasteiger partial charge is 0.426 e. The number of nitrogens with zero attached hydrogens (tertiary/aromatic N) is 2. The number of ether oxygens (including phenoxy) is 1. The van der Waals surface area contributed by atoms with Gasteiger partial charge in [-0.05, 0) is 69.8 Å². The summed E-state index contributed by atoms with van der Waals surface area (Å²) >= 11 is 0. The van der Waals surface area contributed by atoms with Crippen molar-refractivity contribution in [3.63, 3.8) is 0 Å². The molecule has 0 N–H and O–H groups in total. The van der Waals surface area contributed by atoms with E-state index in [1.165, 1.54) is 12.8 Å². The van der Waals surface area contributed by atoms with Crippen LogP contribution in [0.2, 0.25) is 0 Å². The maximum absolute atomic E-state index is 12.9. The van der Waals surface area contributed by atoms with E-state index in [1.807, 2.05) is 42.3 Å². The van der Waals surface area contributed by atoms with Gasteiger partial charge in [-0.15, -0.1) is 0 Å². The maximum atomic E-state index is 12.9. The minimum absolute atomic E-state index is 0.0629. The molecule has 2 aromatic rings. The van der Waals surface area contributed by atoms with Gasteiger partial charge in [0.2, 0.25) is 0 Å². The van der Waals surface area contributed by atoms with E-state index < -0.39 is 0 Å². The highest BCUT2D eigenvalue weighted by molar-refractivity contribution is 5.91. The fourth-order valence-corrected chi connectivity index (χ4v) is 4.72. The second-order valence-corrected chi connectivity index (χ2v) is 8.18. The molecule has 1 aromatic carbocycles. The third-order valence-corrected chi connectivity index (χ3v) is 6.32. The van der Waals surface area contributed by atoms with Crippen molar-refractivity contribution in [1.82, 2.24) is 9.80 Å². The van der Waals surface area contributed by atoms with Crippen LogP contribution in [0.15, 0.2) is 46.9 Å². The lowest BCUT2D eigenvalue weighted by Crippen LogP contribution is -2.36. The zero-order valence-corrected chi connectivity index (χ0v) is 16.3. The van der Waals surface area contributed by atoms with Crippen molar-refractivity contribution in [3.8, 4) is 11.7 Å². The normalized spacial score (nSPS) is 27.0. The molecule has 0 aliphatic heterocycles. The molecular weight excluding hydrogens is 340 g/mol. The molecule has 2 aliphatic rings. The average molecular weight is 368 g/mol. The van der Waals surface area contributed by atoms with Crippen molar-refractivity contribution in [2.24, 2.45) is 11.8 Å². The summed E-state index contributed by atoms with van der Waals surface area (Å²) in [6.07, 6.45) is 4.72. The number of para-hydroxylation sites is 1. The Bertz CT molecular complexity index is 772. The topological polar surface area (TPSA) is 45.9 Å². The van der Waals surface area contributed by atoms with E-state index in [0.717, 1.165) is 24.7 Å². The van der Waals surface area contributed by atoms with E-state index >= 15 is 0 Å². The van der Waals surface area contributed by atoms with Crippen LogP contribution in [0.3, 0.4) is 0 Å². The van der Waals surface area contributed by atoms with Gasteiger partial charge in [0.1, 0.15) is 5.75 Å². The van der Waals surface area contributed by atoms with E-state index in [4.69, 9.17) is 9.15 Å². The summed E-state index contributed by atoms with van der Waals surface area (Å²) in [5.41, 5.74) is 0. The summed E-state index contributed by atoms with van der Waals surface area (Å²) in [6.45, 7) is 0. The molecule has 0 bridgehead atoms. The van der Waals surface area contributed by atoms with Gasteiger partial charge in [0.25, 0.3) is 11.9 Å². The first-order chi connectivity index (χ1) is 13.0. The molecule has 1 aromatic heterocycles. The summed E-state index contributed by atoms with van der Waals surface area (Å²) in [6, 6.07) is 13.9. The maximum Gasteiger partial charge on any atom is 0.290 e. The Morgan fingerprint density at radius 3 is 2.19 bits per heavy atom. The quantitative estimate of drug-likeness (QED) is 0.791. The third-order valence-electron chi connectivity index (χ3n) is 6.32. The van der Waals surface area contributed by atoms with Gasteiger partial charge in [0, 0.05) is 25.2 Å². The van der Waals surface area contributed by atoms with Gasteiger partial charge in [-0.1, -0.05) is 18.2 Å². The van der Waals surface area contributed by atoms with E-state index in [9.17, 15) is 4.79 Å². The minimum atomic E-state index is -0.0629. The van der Waals surface area contributed by atoms with Crippen molar-refractivity contribution in [1.29, 1.82) is 0 Å². The number of benzene rings is 1. The number of hydrogen-bond acceptors (Lipinski definition) is 4. The fraction of sp³-hybridized carbons (Fsp3) is 0.500. The second kappa shape index (κ2) is 7.39. The highest BCUT2D eigenvalue weighted by Crippen LogP contribution is 2.46. The van der Waals surface area contributed by atoms with E-state index in [0.29, 0.717) is 29.5 Å². The zero-order valence-electron chi connectivity index (χ0n) is 16.3. The van der Waals surface area contributed by atoms with Crippen molar-refractivity contribution >= 4 is 5.91 Å². The molecule has 1 heterocycles. The second-order valence-electron chi connectivity index (χ2n) is 8.18. The number of fused-ring (bicyclic) bond motifs is 1. The predicted molar refractivity (Wildman–Crippen MR) is 104 cm³/mol. The Kier molecular flexibility index (Phi) is 4.96. The molecule has 144 valence electrons. The number of amides is 1. The molecular formula is C22H28N2O3. The molecule has 4 atom stereocenters. The fourth-order valence-electron chi connectivity index (χ4n) is 4.72. The van der Waals surface area contributed by atoms with Crippen LogP contribution >= 0.6 is 0 Å². The molecule has 0 radical (unpaired) electrons. The number of hydrogen-bond donors (Lipinski definition) is 0. The molecule has 2 unspecified atom stereocenters. The highest BCUT2D eigenvalue weighted by Gasteiger charge is 2.44. The van der Waals surface area contributed by atoms with Crippen molar-refractivity contribution in [3.05, 3.63) is 48.2 Å². The van der Waals surface area contributed by atoms with Gasteiger partial charge in [0.15, 0.2) is 5.76 Å². The Hall–Kier alpha value is -2.27. The molecule has 2 fully saturated rings. The number of rotatable bonds is 5. The smallest absolute Gasteiger partial charge is 0.290 e. The molecule has 5 nitrogen and oxygen atoms in total. The van der Waals surface area contributed by atoms with Crippen LogP contribution in [-0.2, 0) is 0 Å². The molecule has 27 heavy (non-hydrogen) atoms. The molecule has 5 heteroatoms. The van der Waals surface area contributed by atoms with Gasteiger partial charge in [-0.3, -0.25) is 4.79 Å². The minimum Gasteiger partial charge on any atom is -0.426 e. The SMILES string of the molecule is CN(C)C1C[C@@H]2CC(N(C)C(=O)c3ccc(Oc4ccccc4)o3)C[C@@H]2C1. The summed E-state index contributed by atoms with van der Waals surface area (Å²) < 4.78 is 11.3. The van der Waals surface area contributed by atoms with E-state index in [-0.39, 0.29) is 5.91 Å². The average Bonchev–Trinajstić information content (AvgIpc) is 3.35. The first kappa shape index (κ1) is 18.1. The standard InChI is InChI=1S/C22H28N2O3/c1-23(2)17-11-15-13-18(14-16(15)12-17)24(3)22(25)20-9-10-21(27-20)26-19-7-5-4-6-8-19/h4-10,15-18H,11-14H2,1-3H3/t15-,16+,17?,18?. The first-order valence-corrected chi connectivity index (χ1v) is 9.77. The van der Waals surface area contributed by atoms with Crippen LogP contribution in [0.5, 0.6) is 11.7 Å². The van der Waals surface area contributed by atoms with Gasteiger partial charge in [0.05, 0.1) is 0 Å². The molecule has 0 saturated heterocycles. The lowest BCUT2D eigenvalue weighted by molar-refractivity contribution is 0.0689. The van der Waals surface area contributed by atoms with E-state index in [2.05, 4.69) is 19.0 Å². The predicted octanol–water partition coefficient (Wildman–Crippen LogP) is 4.26. The summed E-state index contributed by atoms with van der Waals surface area (Å²) in [5, 5.41) is 0. The first-order valence-electron chi connectivity index (χ1n) is 9.77. The Balaban J connectivity index is 1.36. The Labute approximate surface area is 160 Å². The molecule has 2 aliphatic carbocycles. The number of carbonyl (C=O) groups excluding carboxylic acids is 1. The lowest BCUT2D eigenvalue weighted by atomic mass is 10.0. The number of furan rings is 1. The van der Waals surface area contributed by atoms with Crippen molar-refractivity contribution < 1.29 is 13.9 Å². The Morgan fingerprint density at radius 2 is 1.56 bits per heavy atom. The van der Waals surface area contributed by atoms with Crippen LogP contribution < -0.4 is 4.74 Å². The molecule has 4 rings (SSSR count). The van der Waals surface area contributed by atoms with E-state index in [1.54, 1.807) is 12.1 Å². The summed E-state index contributed by atoms with van der Waals surface area (Å²) in [7, 11) is 6.24. The van der Waals surface area contributed by atoms with Crippen molar-refractivity contribution in [2.75, 3.05) is 21.1 Å². The van der Waals surface area contributed by atoms with Crippen LogP contribution in [-0.4, -0.2) is 48.9 Å². The molecule has 1 amide bonds. The third kappa shape index (κ3) is 3.74. The zero-order chi connectivity index (χ0) is 19.0. The monoisotopic (exact) mass is 368 g/mol. The van der Waals surface area contributed by atoms with Gasteiger partial charge < -0.3 is 19.0 Å². The summed E-state index contributed by atoms with van der Waals surface area (Å²) in [4.78, 5) is 17.1. The van der Waals surface area contributed by atoms with Gasteiger partial charge >= 0.3 is 0 Å². The molecule has 2 saturated carbocycles. The number of carbonyl (C=O) groups is 1.